The van der Waals surface area contributed by atoms with Crippen LogP contribution in [0.15, 0.2) is 0 Å². The summed E-state index contributed by atoms with van der Waals surface area (Å²) in [5.74, 6) is 1.05. The molecule has 1 nitrogen and oxygen atoms in total. The number of rotatable bonds is 4. The van der Waals surface area contributed by atoms with Crippen LogP contribution in [0.5, 0.6) is 0 Å². The molecule has 0 heterocycles. The van der Waals surface area contributed by atoms with E-state index in [2.05, 4.69) is 52.3 Å². The maximum atomic E-state index is 4.45. The Morgan fingerprint density at radius 3 is 2.14 bits per heavy atom. The highest BCUT2D eigenvalue weighted by Crippen LogP contribution is 2.47. The molecule has 1 atom stereocenters. The topological polar surface area (TPSA) is 3.24 Å². The second-order valence-electron chi connectivity index (χ2n) is 6.12. The lowest BCUT2D eigenvalue weighted by Gasteiger charge is -2.37. The molecule has 1 unspecified atom stereocenters. The molecule has 0 bridgehead atoms. The molecule has 14 heavy (non-hydrogen) atoms. The predicted octanol–water partition coefficient (Wildman–Crippen LogP) is 3.06. The molecule has 0 aliphatic heterocycles. The van der Waals surface area contributed by atoms with Crippen molar-refractivity contribution in [1.82, 2.24) is 4.90 Å². The van der Waals surface area contributed by atoms with Gasteiger partial charge in [-0.05, 0) is 43.4 Å². The molecule has 0 aromatic carbocycles. The summed E-state index contributed by atoms with van der Waals surface area (Å²) in [4.78, 5) is 2.50. The van der Waals surface area contributed by atoms with Crippen LogP contribution in [0.4, 0.5) is 0 Å². The zero-order chi connectivity index (χ0) is 11.0. The minimum absolute atomic E-state index is 0.376. The fourth-order valence-electron chi connectivity index (χ4n) is 1.87. The smallest absolute Gasteiger partial charge is 0.0113 e. The van der Waals surface area contributed by atoms with Gasteiger partial charge < -0.3 is 4.90 Å². The van der Waals surface area contributed by atoms with E-state index in [-0.39, 0.29) is 0 Å². The SMILES string of the molecule is CC(N(C)CC1(CS)CC1)C(C)(C)C. The Hall–Kier alpha value is 0.310. The van der Waals surface area contributed by atoms with Gasteiger partial charge in [-0.1, -0.05) is 20.8 Å². The highest BCUT2D eigenvalue weighted by atomic mass is 32.1. The van der Waals surface area contributed by atoms with Gasteiger partial charge in [0, 0.05) is 12.6 Å². The Bertz CT molecular complexity index is 191. The molecule has 0 N–H and O–H groups in total. The zero-order valence-electron chi connectivity index (χ0n) is 10.3. The predicted molar refractivity (Wildman–Crippen MR) is 67.1 cm³/mol. The van der Waals surface area contributed by atoms with E-state index >= 15 is 0 Å². The van der Waals surface area contributed by atoms with Crippen molar-refractivity contribution in [2.45, 2.75) is 46.6 Å². The standard InChI is InChI=1S/C12H25NS/c1-10(11(2,3)4)13(5)8-12(9-14)6-7-12/h10,14H,6-9H2,1-5H3. The number of thiol groups is 1. The molecule has 0 aromatic heterocycles. The first kappa shape index (κ1) is 12.4. The van der Waals surface area contributed by atoms with Crippen LogP contribution in [0, 0.1) is 10.8 Å². The van der Waals surface area contributed by atoms with Crippen molar-refractivity contribution in [1.29, 1.82) is 0 Å². The van der Waals surface area contributed by atoms with Crippen molar-refractivity contribution in [3.8, 4) is 0 Å². The number of nitrogens with zero attached hydrogens (tertiary/aromatic N) is 1. The first-order chi connectivity index (χ1) is 6.31. The molecule has 1 saturated carbocycles. The lowest BCUT2D eigenvalue weighted by molar-refractivity contribution is 0.122. The first-order valence-corrected chi connectivity index (χ1v) is 6.25. The van der Waals surface area contributed by atoms with Crippen LogP contribution in [0.25, 0.3) is 0 Å². The summed E-state index contributed by atoms with van der Waals surface area (Å²) >= 11 is 4.45. The van der Waals surface area contributed by atoms with Crippen molar-refractivity contribution in [3.05, 3.63) is 0 Å². The quantitative estimate of drug-likeness (QED) is 0.705. The third-order valence-corrected chi connectivity index (χ3v) is 4.46. The average Bonchev–Trinajstić information content (AvgIpc) is 2.82. The average molecular weight is 215 g/mol. The van der Waals surface area contributed by atoms with Crippen molar-refractivity contribution in [3.63, 3.8) is 0 Å². The van der Waals surface area contributed by atoms with Crippen LogP contribution in [0.2, 0.25) is 0 Å². The first-order valence-electron chi connectivity index (χ1n) is 5.62. The molecule has 0 aromatic rings. The Labute approximate surface area is 94.7 Å². The fourth-order valence-corrected chi connectivity index (χ4v) is 2.29. The van der Waals surface area contributed by atoms with Crippen LogP contribution in [0.1, 0.15) is 40.5 Å². The molecule has 0 saturated heterocycles. The molecule has 0 radical (unpaired) electrons. The van der Waals surface area contributed by atoms with Crippen LogP contribution < -0.4 is 0 Å². The second kappa shape index (κ2) is 4.05. The molecule has 1 fully saturated rings. The molecule has 1 aliphatic rings. The van der Waals surface area contributed by atoms with Gasteiger partial charge in [0.1, 0.15) is 0 Å². The minimum atomic E-state index is 0.376. The Morgan fingerprint density at radius 1 is 1.36 bits per heavy atom. The molecule has 0 spiro atoms. The van der Waals surface area contributed by atoms with Crippen LogP contribution >= 0.6 is 12.6 Å². The Morgan fingerprint density at radius 2 is 1.86 bits per heavy atom. The van der Waals surface area contributed by atoms with Crippen molar-refractivity contribution in [2.75, 3.05) is 19.3 Å². The van der Waals surface area contributed by atoms with E-state index < -0.39 is 0 Å². The van der Waals surface area contributed by atoms with Gasteiger partial charge in [0.25, 0.3) is 0 Å². The maximum absolute atomic E-state index is 4.45. The summed E-state index contributed by atoms with van der Waals surface area (Å²) in [6.45, 7) is 10.5. The molecule has 0 amide bonds. The van der Waals surface area contributed by atoms with Gasteiger partial charge in [0.05, 0.1) is 0 Å². The van der Waals surface area contributed by atoms with Gasteiger partial charge in [0.2, 0.25) is 0 Å². The van der Waals surface area contributed by atoms with Crippen molar-refractivity contribution >= 4 is 12.6 Å². The van der Waals surface area contributed by atoms with E-state index in [0.717, 1.165) is 5.75 Å². The third kappa shape index (κ3) is 2.90. The van der Waals surface area contributed by atoms with Crippen LogP contribution in [-0.4, -0.2) is 30.3 Å². The summed E-state index contributed by atoms with van der Waals surface area (Å²) in [6.07, 6.45) is 2.75. The van der Waals surface area contributed by atoms with E-state index in [1.54, 1.807) is 0 Å². The lowest BCUT2D eigenvalue weighted by Crippen LogP contribution is -2.42. The lowest BCUT2D eigenvalue weighted by atomic mass is 9.86. The molecular weight excluding hydrogens is 190 g/mol. The summed E-state index contributed by atoms with van der Waals surface area (Å²) in [5.41, 5.74) is 0.929. The molecule has 1 rings (SSSR count). The van der Waals surface area contributed by atoms with E-state index in [4.69, 9.17) is 0 Å². The van der Waals surface area contributed by atoms with Gasteiger partial charge in [-0.15, -0.1) is 0 Å². The summed E-state index contributed by atoms with van der Waals surface area (Å²) in [6, 6.07) is 0.639. The van der Waals surface area contributed by atoms with E-state index in [1.807, 2.05) is 0 Å². The zero-order valence-corrected chi connectivity index (χ0v) is 11.2. The molecular formula is C12H25NS. The van der Waals surface area contributed by atoms with E-state index in [0.29, 0.717) is 16.9 Å². The Balaban J connectivity index is 2.46. The third-order valence-electron chi connectivity index (χ3n) is 3.79. The summed E-state index contributed by atoms with van der Waals surface area (Å²) in [5, 5.41) is 0. The molecule has 1 aliphatic carbocycles. The second-order valence-corrected chi connectivity index (χ2v) is 6.43. The van der Waals surface area contributed by atoms with Crippen molar-refractivity contribution < 1.29 is 0 Å². The maximum Gasteiger partial charge on any atom is 0.0113 e. The van der Waals surface area contributed by atoms with E-state index in [1.165, 1.54) is 19.4 Å². The number of hydrogen-bond acceptors (Lipinski definition) is 2. The molecule has 84 valence electrons. The van der Waals surface area contributed by atoms with Crippen LogP contribution in [-0.2, 0) is 0 Å². The highest BCUT2D eigenvalue weighted by molar-refractivity contribution is 7.80. The summed E-state index contributed by atoms with van der Waals surface area (Å²) < 4.78 is 0. The highest BCUT2D eigenvalue weighted by Gasteiger charge is 2.43. The number of hydrogen-bond donors (Lipinski definition) is 1. The van der Waals surface area contributed by atoms with Crippen molar-refractivity contribution in [2.24, 2.45) is 10.8 Å². The Kier molecular flexibility index (Phi) is 3.58. The van der Waals surface area contributed by atoms with Gasteiger partial charge in [-0.2, -0.15) is 12.6 Å². The van der Waals surface area contributed by atoms with Gasteiger partial charge >= 0.3 is 0 Å². The fraction of sp³-hybridized carbons (Fsp3) is 1.00. The van der Waals surface area contributed by atoms with Crippen LogP contribution in [0.3, 0.4) is 0 Å². The normalized spacial score (nSPS) is 22.5. The molecule has 2 heteroatoms. The monoisotopic (exact) mass is 215 g/mol. The van der Waals surface area contributed by atoms with E-state index in [9.17, 15) is 0 Å². The van der Waals surface area contributed by atoms with Gasteiger partial charge in [0.15, 0.2) is 0 Å². The van der Waals surface area contributed by atoms with Gasteiger partial charge in [-0.3, -0.25) is 0 Å². The summed E-state index contributed by atoms with van der Waals surface area (Å²) in [7, 11) is 2.25. The van der Waals surface area contributed by atoms with Gasteiger partial charge in [-0.25, -0.2) is 0 Å². The largest absolute Gasteiger partial charge is 0.303 e. The minimum Gasteiger partial charge on any atom is -0.303 e.